The van der Waals surface area contributed by atoms with Crippen molar-refractivity contribution in [3.05, 3.63) is 0 Å². The summed E-state index contributed by atoms with van der Waals surface area (Å²) in [5, 5.41) is 0. The molecule has 1 unspecified atom stereocenters. The lowest BCUT2D eigenvalue weighted by atomic mass is 10.1. The Balaban J connectivity index is 3.62. The number of ether oxygens (including phenoxy) is 3. The smallest absolute Gasteiger partial charge is 0.305 e. The SMILES string of the molecule is CCOC(C#CCCCCCC(=O)OCC(C)CC)OCC. The molecule has 0 aliphatic rings. The number of carbonyl (C=O) groups is 1. The standard InChI is InChI=1S/C18H32O4/c1-5-16(4)15-22-17(19)13-11-9-8-10-12-14-18(20-6-2)21-7-3/h16,18H,5-11,13,15H2,1-4H3. The Morgan fingerprint density at radius 3 is 2.32 bits per heavy atom. The fourth-order valence-corrected chi connectivity index (χ4v) is 1.67. The van der Waals surface area contributed by atoms with Crippen LogP contribution in [-0.2, 0) is 19.0 Å². The number of rotatable bonds is 12. The van der Waals surface area contributed by atoms with E-state index in [-0.39, 0.29) is 5.97 Å². The van der Waals surface area contributed by atoms with Crippen molar-refractivity contribution in [2.24, 2.45) is 5.92 Å². The molecule has 22 heavy (non-hydrogen) atoms. The maximum atomic E-state index is 11.5. The second-order valence-electron chi connectivity index (χ2n) is 5.32. The van der Waals surface area contributed by atoms with Gasteiger partial charge in [-0.25, -0.2) is 0 Å². The molecule has 128 valence electrons. The van der Waals surface area contributed by atoms with Crippen LogP contribution in [0.25, 0.3) is 0 Å². The average molecular weight is 312 g/mol. The summed E-state index contributed by atoms with van der Waals surface area (Å²) in [6.45, 7) is 9.76. The summed E-state index contributed by atoms with van der Waals surface area (Å²) in [5.74, 6) is 6.41. The van der Waals surface area contributed by atoms with Crippen LogP contribution in [-0.4, -0.2) is 32.1 Å². The number of hydrogen-bond donors (Lipinski definition) is 0. The molecule has 0 heterocycles. The van der Waals surface area contributed by atoms with Crippen LogP contribution in [0.1, 0.15) is 66.2 Å². The summed E-state index contributed by atoms with van der Waals surface area (Å²) in [7, 11) is 0. The van der Waals surface area contributed by atoms with Crippen molar-refractivity contribution in [1.82, 2.24) is 0 Å². The minimum Gasteiger partial charge on any atom is -0.465 e. The van der Waals surface area contributed by atoms with Gasteiger partial charge < -0.3 is 14.2 Å². The van der Waals surface area contributed by atoms with Gasteiger partial charge in [-0.1, -0.05) is 32.6 Å². The van der Waals surface area contributed by atoms with Crippen LogP contribution in [0.2, 0.25) is 0 Å². The highest BCUT2D eigenvalue weighted by atomic mass is 16.7. The largest absolute Gasteiger partial charge is 0.465 e. The zero-order valence-electron chi connectivity index (χ0n) is 14.7. The van der Waals surface area contributed by atoms with E-state index in [1.54, 1.807) is 0 Å². The normalized spacial score (nSPS) is 11.9. The van der Waals surface area contributed by atoms with Crippen LogP contribution in [0.5, 0.6) is 0 Å². The van der Waals surface area contributed by atoms with Crippen molar-refractivity contribution in [2.75, 3.05) is 19.8 Å². The minimum atomic E-state index is -0.412. The number of unbranched alkanes of at least 4 members (excludes halogenated alkanes) is 3. The summed E-state index contributed by atoms with van der Waals surface area (Å²) in [4.78, 5) is 11.5. The molecule has 0 aromatic heterocycles. The van der Waals surface area contributed by atoms with Gasteiger partial charge in [-0.3, -0.25) is 4.79 Å². The van der Waals surface area contributed by atoms with Gasteiger partial charge >= 0.3 is 5.97 Å². The first-order chi connectivity index (χ1) is 10.6. The maximum Gasteiger partial charge on any atom is 0.305 e. The highest BCUT2D eigenvalue weighted by Gasteiger charge is 2.05. The number of hydrogen-bond acceptors (Lipinski definition) is 4. The van der Waals surface area contributed by atoms with Crippen molar-refractivity contribution in [3.8, 4) is 11.8 Å². The van der Waals surface area contributed by atoms with Crippen molar-refractivity contribution in [3.63, 3.8) is 0 Å². The molecule has 4 heteroatoms. The van der Waals surface area contributed by atoms with Gasteiger partial charge in [-0.15, -0.1) is 0 Å². The van der Waals surface area contributed by atoms with Crippen LogP contribution in [0, 0.1) is 17.8 Å². The molecule has 0 aliphatic carbocycles. The molecule has 0 aliphatic heterocycles. The summed E-state index contributed by atoms with van der Waals surface area (Å²) in [5.41, 5.74) is 0. The first-order valence-corrected chi connectivity index (χ1v) is 8.51. The third-order valence-corrected chi connectivity index (χ3v) is 3.26. The third kappa shape index (κ3) is 12.7. The van der Waals surface area contributed by atoms with Gasteiger partial charge in [0.15, 0.2) is 0 Å². The lowest BCUT2D eigenvalue weighted by molar-refractivity contribution is -0.145. The van der Waals surface area contributed by atoms with E-state index < -0.39 is 6.29 Å². The fourth-order valence-electron chi connectivity index (χ4n) is 1.67. The van der Waals surface area contributed by atoms with Crippen molar-refractivity contribution in [2.45, 2.75) is 72.5 Å². The van der Waals surface area contributed by atoms with Crippen LogP contribution >= 0.6 is 0 Å². The second-order valence-corrected chi connectivity index (χ2v) is 5.32. The highest BCUT2D eigenvalue weighted by molar-refractivity contribution is 5.69. The average Bonchev–Trinajstić information content (AvgIpc) is 2.51. The van der Waals surface area contributed by atoms with E-state index in [1.807, 2.05) is 13.8 Å². The number of esters is 1. The lowest BCUT2D eigenvalue weighted by Crippen LogP contribution is -2.14. The van der Waals surface area contributed by atoms with Gasteiger partial charge in [0.25, 0.3) is 0 Å². The first-order valence-electron chi connectivity index (χ1n) is 8.51. The van der Waals surface area contributed by atoms with Gasteiger partial charge in [0.2, 0.25) is 6.29 Å². The van der Waals surface area contributed by atoms with E-state index in [2.05, 4.69) is 25.7 Å². The van der Waals surface area contributed by atoms with Gasteiger partial charge in [0.05, 0.1) is 6.61 Å². The van der Waals surface area contributed by atoms with E-state index in [0.717, 1.165) is 32.1 Å². The quantitative estimate of drug-likeness (QED) is 0.237. The topological polar surface area (TPSA) is 44.8 Å². The lowest BCUT2D eigenvalue weighted by Gasteiger charge is -2.09. The molecule has 0 spiro atoms. The van der Waals surface area contributed by atoms with E-state index >= 15 is 0 Å². The van der Waals surface area contributed by atoms with Gasteiger partial charge in [-0.05, 0) is 38.5 Å². The molecule has 0 aromatic rings. The Kier molecular flexibility index (Phi) is 14.2. The number of carbonyl (C=O) groups excluding carboxylic acids is 1. The summed E-state index contributed by atoms with van der Waals surface area (Å²) in [6, 6.07) is 0. The van der Waals surface area contributed by atoms with E-state index in [1.165, 1.54) is 0 Å². The summed E-state index contributed by atoms with van der Waals surface area (Å²) >= 11 is 0. The zero-order valence-corrected chi connectivity index (χ0v) is 14.7. The van der Waals surface area contributed by atoms with E-state index in [0.29, 0.717) is 32.2 Å². The molecule has 0 saturated heterocycles. The summed E-state index contributed by atoms with van der Waals surface area (Å²) < 4.78 is 15.9. The molecule has 0 radical (unpaired) electrons. The molecular formula is C18H32O4. The Bertz CT molecular complexity index is 324. The third-order valence-electron chi connectivity index (χ3n) is 3.26. The molecule has 0 fully saturated rings. The van der Waals surface area contributed by atoms with Gasteiger partial charge in [0.1, 0.15) is 0 Å². The van der Waals surface area contributed by atoms with E-state index in [9.17, 15) is 4.79 Å². The second kappa shape index (κ2) is 14.9. The first kappa shape index (κ1) is 20.9. The molecule has 0 amide bonds. The molecule has 0 rings (SSSR count). The fraction of sp³-hybridized carbons (Fsp3) is 0.833. The Labute approximate surface area is 135 Å². The van der Waals surface area contributed by atoms with Crippen molar-refractivity contribution in [1.29, 1.82) is 0 Å². The molecule has 0 aromatic carbocycles. The van der Waals surface area contributed by atoms with Gasteiger partial charge in [0, 0.05) is 26.1 Å². The van der Waals surface area contributed by atoms with Crippen LogP contribution in [0.3, 0.4) is 0 Å². The molecule has 4 nitrogen and oxygen atoms in total. The summed E-state index contributed by atoms with van der Waals surface area (Å²) in [6.07, 6.45) is 4.77. The molecule has 0 N–H and O–H groups in total. The molecular weight excluding hydrogens is 280 g/mol. The Morgan fingerprint density at radius 2 is 1.73 bits per heavy atom. The predicted molar refractivity (Wildman–Crippen MR) is 88.3 cm³/mol. The maximum absolute atomic E-state index is 11.5. The zero-order chi connectivity index (χ0) is 16.6. The van der Waals surface area contributed by atoms with Crippen LogP contribution < -0.4 is 0 Å². The molecule has 0 bridgehead atoms. The Hall–Kier alpha value is -1.05. The molecule has 1 atom stereocenters. The predicted octanol–water partition coefficient (Wildman–Crippen LogP) is 3.93. The minimum absolute atomic E-state index is 0.0841. The highest BCUT2D eigenvalue weighted by Crippen LogP contribution is 2.06. The van der Waals surface area contributed by atoms with Crippen molar-refractivity contribution < 1.29 is 19.0 Å². The molecule has 0 saturated carbocycles. The van der Waals surface area contributed by atoms with Gasteiger partial charge in [-0.2, -0.15) is 0 Å². The van der Waals surface area contributed by atoms with E-state index in [4.69, 9.17) is 14.2 Å². The van der Waals surface area contributed by atoms with Crippen molar-refractivity contribution >= 4 is 5.97 Å². The van der Waals surface area contributed by atoms with Crippen LogP contribution in [0.4, 0.5) is 0 Å². The van der Waals surface area contributed by atoms with Crippen LogP contribution in [0.15, 0.2) is 0 Å². The Morgan fingerprint density at radius 1 is 1.05 bits per heavy atom. The monoisotopic (exact) mass is 312 g/mol.